The molecule has 0 saturated heterocycles. The average Bonchev–Trinajstić information content (AvgIpc) is 2.50. The van der Waals surface area contributed by atoms with Crippen LogP contribution in [0.25, 0.3) is 0 Å². The fourth-order valence-corrected chi connectivity index (χ4v) is 3.27. The van der Waals surface area contributed by atoms with Crippen LogP contribution in [0, 0.1) is 13.8 Å². The summed E-state index contributed by atoms with van der Waals surface area (Å²) in [4.78, 5) is 0. The Bertz CT molecular complexity index is 648. The molecule has 1 atom stereocenters. The van der Waals surface area contributed by atoms with Crippen LogP contribution in [0.4, 0.5) is 0 Å². The summed E-state index contributed by atoms with van der Waals surface area (Å²) >= 11 is 0. The molecule has 110 valence electrons. The lowest BCUT2D eigenvalue weighted by molar-refractivity contribution is 0.283. The van der Waals surface area contributed by atoms with Crippen molar-refractivity contribution in [1.29, 1.82) is 0 Å². The monoisotopic (exact) mass is 281 g/mol. The first-order valence-corrected chi connectivity index (χ1v) is 7.69. The molecule has 2 heteroatoms. The van der Waals surface area contributed by atoms with Crippen molar-refractivity contribution in [3.8, 4) is 5.75 Å². The van der Waals surface area contributed by atoms with Gasteiger partial charge in [0.1, 0.15) is 5.75 Å². The van der Waals surface area contributed by atoms with Gasteiger partial charge in [0.15, 0.2) is 0 Å². The molecule has 1 unspecified atom stereocenters. The Balaban J connectivity index is 2.08. The molecule has 1 aliphatic rings. The number of hydrogen-bond donors (Lipinski definition) is 1. The normalized spacial score (nSPS) is 15.2. The number of hydrogen-bond acceptors (Lipinski definition) is 2. The second-order valence-corrected chi connectivity index (χ2v) is 5.87. The van der Waals surface area contributed by atoms with Gasteiger partial charge in [0.05, 0.1) is 12.6 Å². The van der Waals surface area contributed by atoms with Gasteiger partial charge < -0.3 is 10.1 Å². The van der Waals surface area contributed by atoms with E-state index in [1.54, 1.807) is 0 Å². The van der Waals surface area contributed by atoms with Crippen molar-refractivity contribution >= 4 is 0 Å². The maximum atomic E-state index is 5.98. The van der Waals surface area contributed by atoms with Crippen molar-refractivity contribution in [1.82, 2.24) is 5.32 Å². The first-order chi connectivity index (χ1) is 10.2. The molecule has 1 heterocycles. The SMILES string of the molecule is CNC(c1ccc(C)cc1C)c1cccc2c1OCCC2. The molecule has 0 fully saturated rings. The number of aryl methyl sites for hydroxylation is 3. The van der Waals surface area contributed by atoms with E-state index in [4.69, 9.17) is 4.74 Å². The van der Waals surface area contributed by atoms with E-state index >= 15 is 0 Å². The summed E-state index contributed by atoms with van der Waals surface area (Å²) in [7, 11) is 2.02. The highest BCUT2D eigenvalue weighted by Crippen LogP contribution is 2.36. The second-order valence-electron chi connectivity index (χ2n) is 5.87. The molecular weight excluding hydrogens is 258 g/mol. The zero-order valence-corrected chi connectivity index (χ0v) is 13.1. The first-order valence-electron chi connectivity index (χ1n) is 7.69. The van der Waals surface area contributed by atoms with E-state index in [0.29, 0.717) is 0 Å². The van der Waals surface area contributed by atoms with Gasteiger partial charge in [-0.1, -0.05) is 42.0 Å². The Morgan fingerprint density at radius 2 is 1.95 bits per heavy atom. The molecule has 0 aliphatic carbocycles. The Hall–Kier alpha value is -1.80. The summed E-state index contributed by atoms with van der Waals surface area (Å²) in [6.07, 6.45) is 2.23. The van der Waals surface area contributed by atoms with E-state index in [0.717, 1.165) is 25.2 Å². The fraction of sp³-hybridized carbons (Fsp3) is 0.368. The van der Waals surface area contributed by atoms with Crippen molar-refractivity contribution in [3.63, 3.8) is 0 Å². The summed E-state index contributed by atoms with van der Waals surface area (Å²) in [5.74, 6) is 1.09. The minimum absolute atomic E-state index is 0.179. The Kier molecular flexibility index (Phi) is 3.98. The topological polar surface area (TPSA) is 21.3 Å². The molecule has 1 aliphatic heterocycles. The second kappa shape index (κ2) is 5.90. The van der Waals surface area contributed by atoms with Crippen molar-refractivity contribution in [2.45, 2.75) is 32.7 Å². The lowest BCUT2D eigenvalue weighted by Crippen LogP contribution is -2.21. The Labute approximate surface area is 127 Å². The minimum Gasteiger partial charge on any atom is -0.493 e. The number of ether oxygens (including phenoxy) is 1. The molecule has 3 rings (SSSR count). The van der Waals surface area contributed by atoms with Gasteiger partial charge in [-0.15, -0.1) is 0 Å². The molecule has 0 amide bonds. The number of fused-ring (bicyclic) bond motifs is 1. The van der Waals surface area contributed by atoms with Gasteiger partial charge in [0, 0.05) is 5.56 Å². The summed E-state index contributed by atoms with van der Waals surface area (Å²) < 4.78 is 5.98. The van der Waals surface area contributed by atoms with Crippen LogP contribution in [0.5, 0.6) is 5.75 Å². The first kappa shape index (κ1) is 14.2. The highest BCUT2D eigenvalue weighted by Gasteiger charge is 2.22. The minimum atomic E-state index is 0.179. The number of para-hydroxylation sites is 1. The molecule has 2 aromatic rings. The smallest absolute Gasteiger partial charge is 0.127 e. The molecule has 0 aromatic heterocycles. The summed E-state index contributed by atoms with van der Waals surface area (Å²) in [6, 6.07) is 13.4. The van der Waals surface area contributed by atoms with Crippen molar-refractivity contribution in [3.05, 3.63) is 64.2 Å². The predicted molar refractivity (Wildman–Crippen MR) is 87.1 cm³/mol. The van der Waals surface area contributed by atoms with E-state index in [2.05, 4.69) is 55.6 Å². The van der Waals surface area contributed by atoms with Crippen LogP contribution in [-0.4, -0.2) is 13.7 Å². The lowest BCUT2D eigenvalue weighted by atomic mass is 9.91. The molecule has 1 N–H and O–H groups in total. The van der Waals surface area contributed by atoms with E-state index in [1.807, 2.05) is 7.05 Å². The van der Waals surface area contributed by atoms with Gasteiger partial charge in [0.25, 0.3) is 0 Å². The zero-order chi connectivity index (χ0) is 14.8. The van der Waals surface area contributed by atoms with E-state index < -0.39 is 0 Å². The van der Waals surface area contributed by atoms with Gasteiger partial charge in [-0.2, -0.15) is 0 Å². The van der Waals surface area contributed by atoms with Gasteiger partial charge in [-0.25, -0.2) is 0 Å². The van der Waals surface area contributed by atoms with Gasteiger partial charge >= 0.3 is 0 Å². The third-order valence-electron chi connectivity index (χ3n) is 4.30. The van der Waals surface area contributed by atoms with Gasteiger partial charge in [-0.05, 0) is 50.4 Å². The third-order valence-corrected chi connectivity index (χ3v) is 4.30. The summed E-state index contributed by atoms with van der Waals surface area (Å²) in [5.41, 5.74) is 6.54. The van der Waals surface area contributed by atoms with E-state index in [-0.39, 0.29) is 6.04 Å². The van der Waals surface area contributed by atoms with Gasteiger partial charge in [0.2, 0.25) is 0 Å². The van der Waals surface area contributed by atoms with Crippen LogP contribution in [0.3, 0.4) is 0 Å². The maximum absolute atomic E-state index is 5.98. The molecule has 2 aromatic carbocycles. The molecular formula is C19H23NO. The number of benzene rings is 2. The van der Waals surface area contributed by atoms with Crippen LogP contribution in [0.15, 0.2) is 36.4 Å². The number of nitrogens with one attached hydrogen (secondary N) is 1. The molecule has 0 saturated carbocycles. The molecule has 0 radical (unpaired) electrons. The molecule has 21 heavy (non-hydrogen) atoms. The highest BCUT2D eigenvalue weighted by molar-refractivity contribution is 5.49. The average molecular weight is 281 g/mol. The van der Waals surface area contributed by atoms with Crippen LogP contribution >= 0.6 is 0 Å². The van der Waals surface area contributed by atoms with Crippen LogP contribution in [-0.2, 0) is 6.42 Å². The Morgan fingerprint density at radius 1 is 1.10 bits per heavy atom. The fourth-order valence-electron chi connectivity index (χ4n) is 3.27. The quantitative estimate of drug-likeness (QED) is 0.920. The zero-order valence-electron chi connectivity index (χ0n) is 13.1. The van der Waals surface area contributed by atoms with Crippen molar-refractivity contribution < 1.29 is 4.74 Å². The summed E-state index contributed by atoms with van der Waals surface area (Å²) in [5, 5.41) is 3.47. The Morgan fingerprint density at radius 3 is 2.71 bits per heavy atom. The standard InChI is InChI=1S/C19H23NO/c1-13-9-10-16(14(2)12-13)18(20-3)17-8-4-6-15-7-5-11-21-19(15)17/h4,6,8-10,12,18,20H,5,7,11H2,1-3H3. The maximum Gasteiger partial charge on any atom is 0.127 e. The largest absolute Gasteiger partial charge is 0.493 e. The summed E-state index contributed by atoms with van der Waals surface area (Å²) in [6.45, 7) is 5.15. The lowest BCUT2D eigenvalue weighted by Gasteiger charge is -2.26. The number of rotatable bonds is 3. The van der Waals surface area contributed by atoms with Crippen LogP contribution in [0.1, 0.15) is 40.3 Å². The molecule has 2 nitrogen and oxygen atoms in total. The predicted octanol–water partition coefficient (Wildman–Crippen LogP) is 3.94. The molecule has 0 bridgehead atoms. The van der Waals surface area contributed by atoms with Crippen molar-refractivity contribution in [2.24, 2.45) is 0 Å². The van der Waals surface area contributed by atoms with E-state index in [9.17, 15) is 0 Å². The van der Waals surface area contributed by atoms with Crippen molar-refractivity contribution in [2.75, 3.05) is 13.7 Å². The molecule has 0 spiro atoms. The van der Waals surface area contributed by atoms with Crippen LogP contribution < -0.4 is 10.1 Å². The van der Waals surface area contributed by atoms with Gasteiger partial charge in [-0.3, -0.25) is 0 Å². The van der Waals surface area contributed by atoms with Crippen LogP contribution in [0.2, 0.25) is 0 Å². The third kappa shape index (κ3) is 2.68. The van der Waals surface area contributed by atoms with E-state index in [1.165, 1.54) is 27.8 Å². The highest BCUT2D eigenvalue weighted by atomic mass is 16.5.